The van der Waals surface area contributed by atoms with E-state index in [1.807, 2.05) is 4.90 Å². The van der Waals surface area contributed by atoms with Crippen molar-refractivity contribution < 1.29 is 14.7 Å². The van der Waals surface area contributed by atoms with Crippen molar-refractivity contribution in [1.29, 1.82) is 0 Å². The predicted molar refractivity (Wildman–Crippen MR) is 78.2 cm³/mol. The largest absolute Gasteiger partial charge is 0.481 e. The van der Waals surface area contributed by atoms with Crippen molar-refractivity contribution >= 4 is 11.9 Å². The molecule has 0 radical (unpaired) electrons. The maximum atomic E-state index is 12.5. The van der Waals surface area contributed by atoms with E-state index in [0.29, 0.717) is 31.3 Å². The lowest BCUT2D eigenvalue weighted by Gasteiger charge is -2.35. The number of nitrogens with two attached hydrogens (primary N) is 1. The van der Waals surface area contributed by atoms with E-state index in [1.54, 1.807) is 0 Å². The highest BCUT2D eigenvalue weighted by molar-refractivity contribution is 5.79. The number of likely N-dealkylation sites (tertiary alicyclic amines) is 1. The molecule has 1 aliphatic heterocycles. The van der Waals surface area contributed by atoms with Crippen molar-refractivity contribution in [3.63, 3.8) is 0 Å². The van der Waals surface area contributed by atoms with Gasteiger partial charge < -0.3 is 15.7 Å². The van der Waals surface area contributed by atoms with Crippen LogP contribution in [-0.4, -0.2) is 41.5 Å². The number of aliphatic carboxylic acids is 1. The average molecular weight is 284 g/mol. The fourth-order valence-electron chi connectivity index (χ4n) is 2.95. The maximum absolute atomic E-state index is 12.5. The minimum atomic E-state index is -0.756. The number of carboxylic acids is 1. The summed E-state index contributed by atoms with van der Waals surface area (Å²) < 4.78 is 0. The molecule has 0 aromatic heterocycles. The molecule has 0 aliphatic carbocycles. The van der Waals surface area contributed by atoms with Gasteiger partial charge in [-0.05, 0) is 37.5 Å². The zero-order chi connectivity index (χ0) is 15.1. The molecule has 0 bridgehead atoms. The molecule has 0 saturated carbocycles. The van der Waals surface area contributed by atoms with Gasteiger partial charge in [0.1, 0.15) is 0 Å². The van der Waals surface area contributed by atoms with Gasteiger partial charge in [-0.25, -0.2) is 0 Å². The number of nitrogens with zero attached hydrogens (tertiary/aromatic N) is 1. The Balaban J connectivity index is 2.52. The van der Waals surface area contributed by atoms with E-state index in [0.717, 1.165) is 25.8 Å². The summed E-state index contributed by atoms with van der Waals surface area (Å²) in [6, 6.07) is 0. The van der Waals surface area contributed by atoms with E-state index in [9.17, 15) is 9.59 Å². The molecular formula is C15H28N2O3. The van der Waals surface area contributed by atoms with Crippen molar-refractivity contribution in [1.82, 2.24) is 4.90 Å². The molecule has 116 valence electrons. The first-order valence-corrected chi connectivity index (χ1v) is 7.64. The third-order valence-electron chi connectivity index (χ3n) is 3.99. The zero-order valence-electron chi connectivity index (χ0n) is 12.7. The number of carboxylic acid groups (broad SMARTS) is 1. The number of piperidine rings is 1. The fourth-order valence-corrected chi connectivity index (χ4v) is 2.95. The van der Waals surface area contributed by atoms with Gasteiger partial charge in [0.25, 0.3) is 0 Å². The van der Waals surface area contributed by atoms with Crippen molar-refractivity contribution in [2.75, 3.05) is 19.6 Å². The minimum Gasteiger partial charge on any atom is -0.481 e. The van der Waals surface area contributed by atoms with E-state index in [-0.39, 0.29) is 18.2 Å². The number of amides is 1. The fraction of sp³-hybridized carbons (Fsp3) is 0.867. The summed E-state index contributed by atoms with van der Waals surface area (Å²) in [6.45, 7) is 6.08. The van der Waals surface area contributed by atoms with Crippen molar-refractivity contribution in [3.05, 3.63) is 0 Å². The molecule has 1 amide bonds. The van der Waals surface area contributed by atoms with E-state index in [1.165, 1.54) is 0 Å². The van der Waals surface area contributed by atoms with E-state index >= 15 is 0 Å². The zero-order valence-corrected chi connectivity index (χ0v) is 12.7. The van der Waals surface area contributed by atoms with Crippen LogP contribution < -0.4 is 5.73 Å². The summed E-state index contributed by atoms with van der Waals surface area (Å²) in [5, 5.41) is 8.75. The third kappa shape index (κ3) is 5.49. The lowest BCUT2D eigenvalue weighted by Crippen LogP contribution is -2.45. The quantitative estimate of drug-likeness (QED) is 0.745. The van der Waals surface area contributed by atoms with Crippen LogP contribution in [0.1, 0.15) is 46.0 Å². The molecule has 20 heavy (non-hydrogen) atoms. The van der Waals surface area contributed by atoms with Crippen LogP contribution in [0.5, 0.6) is 0 Å². The number of carbonyl (C=O) groups is 2. The minimum absolute atomic E-state index is 0.0896. The predicted octanol–water partition coefficient (Wildman–Crippen LogP) is 1.71. The van der Waals surface area contributed by atoms with Crippen LogP contribution in [0.3, 0.4) is 0 Å². The number of hydrogen-bond donors (Lipinski definition) is 2. The lowest BCUT2D eigenvalue weighted by molar-refractivity contribution is -0.138. The van der Waals surface area contributed by atoms with Gasteiger partial charge >= 0.3 is 5.97 Å². The topological polar surface area (TPSA) is 83.6 Å². The molecule has 1 heterocycles. The number of carbonyl (C=O) groups excluding carboxylic acids is 1. The Bertz CT molecular complexity index is 331. The lowest BCUT2D eigenvalue weighted by atomic mass is 9.90. The first-order chi connectivity index (χ1) is 9.43. The van der Waals surface area contributed by atoms with Crippen LogP contribution in [0.4, 0.5) is 0 Å². The molecule has 1 rings (SSSR count). The Morgan fingerprint density at radius 1 is 1.40 bits per heavy atom. The van der Waals surface area contributed by atoms with Gasteiger partial charge in [0.15, 0.2) is 0 Å². The number of hydrogen-bond acceptors (Lipinski definition) is 3. The second-order valence-corrected chi connectivity index (χ2v) is 6.29. The van der Waals surface area contributed by atoms with Gasteiger partial charge in [-0.1, -0.05) is 13.8 Å². The van der Waals surface area contributed by atoms with Gasteiger partial charge in [0.2, 0.25) is 5.91 Å². The smallest absolute Gasteiger partial charge is 0.303 e. The molecule has 0 spiro atoms. The maximum Gasteiger partial charge on any atom is 0.303 e. The van der Waals surface area contributed by atoms with Gasteiger partial charge in [-0.2, -0.15) is 0 Å². The first kappa shape index (κ1) is 17.0. The van der Waals surface area contributed by atoms with Crippen molar-refractivity contribution in [2.45, 2.75) is 46.0 Å². The molecule has 0 aromatic carbocycles. The third-order valence-corrected chi connectivity index (χ3v) is 3.99. The second-order valence-electron chi connectivity index (χ2n) is 6.29. The molecule has 2 unspecified atom stereocenters. The summed E-state index contributed by atoms with van der Waals surface area (Å²) in [4.78, 5) is 25.0. The highest BCUT2D eigenvalue weighted by Crippen LogP contribution is 2.23. The Hall–Kier alpha value is -1.10. The van der Waals surface area contributed by atoms with Crippen LogP contribution in [0.15, 0.2) is 0 Å². The summed E-state index contributed by atoms with van der Waals surface area (Å²) in [5.74, 6) is 0.0870. The van der Waals surface area contributed by atoms with Gasteiger partial charge in [-0.3, -0.25) is 9.59 Å². The van der Waals surface area contributed by atoms with Crippen LogP contribution in [-0.2, 0) is 9.59 Å². The van der Waals surface area contributed by atoms with Crippen LogP contribution in [0, 0.1) is 17.8 Å². The van der Waals surface area contributed by atoms with E-state index < -0.39 is 5.97 Å². The van der Waals surface area contributed by atoms with Crippen LogP contribution in [0.25, 0.3) is 0 Å². The molecular weight excluding hydrogens is 256 g/mol. The molecule has 0 aromatic rings. The summed E-state index contributed by atoms with van der Waals surface area (Å²) in [7, 11) is 0. The molecule has 5 heteroatoms. The highest BCUT2D eigenvalue weighted by Gasteiger charge is 2.28. The van der Waals surface area contributed by atoms with Crippen molar-refractivity contribution in [2.24, 2.45) is 23.5 Å². The molecule has 3 N–H and O–H groups in total. The van der Waals surface area contributed by atoms with Crippen LogP contribution >= 0.6 is 0 Å². The van der Waals surface area contributed by atoms with Gasteiger partial charge in [0, 0.05) is 26.1 Å². The van der Waals surface area contributed by atoms with Crippen LogP contribution in [0.2, 0.25) is 0 Å². The van der Waals surface area contributed by atoms with Crippen molar-refractivity contribution in [3.8, 4) is 0 Å². The van der Waals surface area contributed by atoms with E-state index in [2.05, 4.69) is 13.8 Å². The Morgan fingerprint density at radius 2 is 2.10 bits per heavy atom. The van der Waals surface area contributed by atoms with E-state index in [4.69, 9.17) is 10.8 Å². The monoisotopic (exact) mass is 284 g/mol. The SMILES string of the molecule is CC(C)CC(CN)C(=O)N1CCCC(CCC(=O)O)C1. The Morgan fingerprint density at radius 3 is 2.65 bits per heavy atom. The molecule has 1 fully saturated rings. The standard InChI is InChI=1S/C15H28N2O3/c1-11(2)8-13(9-16)15(20)17-7-3-4-12(10-17)5-6-14(18)19/h11-13H,3-10,16H2,1-2H3,(H,18,19). The molecule has 2 atom stereocenters. The molecule has 1 saturated heterocycles. The Kier molecular flexibility index (Phi) is 6.99. The normalized spacial score (nSPS) is 21.0. The summed E-state index contributed by atoms with van der Waals surface area (Å²) >= 11 is 0. The van der Waals surface area contributed by atoms with Gasteiger partial charge in [-0.15, -0.1) is 0 Å². The first-order valence-electron chi connectivity index (χ1n) is 7.64. The number of rotatable bonds is 7. The van der Waals surface area contributed by atoms with Gasteiger partial charge in [0.05, 0.1) is 5.92 Å². The Labute approximate surface area is 121 Å². The molecule has 1 aliphatic rings. The summed E-state index contributed by atoms with van der Waals surface area (Å²) in [5.41, 5.74) is 5.74. The summed E-state index contributed by atoms with van der Waals surface area (Å²) in [6.07, 6.45) is 3.67. The average Bonchev–Trinajstić information content (AvgIpc) is 2.42. The molecule has 5 nitrogen and oxygen atoms in total. The second kappa shape index (κ2) is 8.25. The highest BCUT2D eigenvalue weighted by atomic mass is 16.4.